The quantitative estimate of drug-likeness (QED) is 0.818. The standard InChI is InChI=1S/C10H8F2N3/c1-6-10(14-15-13-6)5-7-8(11)3-2-4-9(7)12/h2-4H,1,5H2,(H,13,14,15). The van der Waals surface area contributed by atoms with E-state index < -0.39 is 11.6 Å². The fourth-order valence-corrected chi connectivity index (χ4v) is 1.29. The number of hydrogen-bond acceptors (Lipinski definition) is 2. The fourth-order valence-electron chi connectivity index (χ4n) is 1.29. The van der Waals surface area contributed by atoms with Crippen LogP contribution in [0.5, 0.6) is 0 Å². The monoisotopic (exact) mass is 208 g/mol. The normalized spacial score (nSPS) is 10.6. The van der Waals surface area contributed by atoms with Crippen LogP contribution < -0.4 is 0 Å². The lowest BCUT2D eigenvalue weighted by atomic mass is 10.1. The Bertz CT molecular complexity index is 459. The summed E-state index contributed by atoms with van der Waals surface area (Å²) in [6.07, 6.45) is 0.0737. The van der Waals surface area contributed by atoms with Crippen LogP contribution in [-0.4, -0.2) is 15.4 Å². The van der Waals surface area contributed by atoms with Crippen LogP contribution in [0.2, 0.25) is 0 Å². The number of benzene rings is 1. The Morgan fingerprint density at radius 2 is 1.93 bits per heavy atom. The summed E-state index contributed by atoms with van der Waals surface area (Å²) in [6.45, 7) is 3.59. The first-order chi connectivity index (χ1) is 7.18. The highest BCUT2D eigenvalue weighted by atomic mass is 19.1. The lowest BCUT2D eigenvalue weighted by Gasteiger charge is -2.02. The third-order valence-electron chi connectivity index (χ3n) is 2.12. The zero-order chi connectivity index (χ0) is 10.8. The molecule has 77 valence electrons. The highest BCUT2D eigenvalue weighted by Crippen LogP contribution is 2.16. The van der Waals surface area contributed by atoms with Crippen molar-refractivity contribution < 1.29 is 8.78 Å². The van der Waals surface area contributed by atoms with E-state index >= 15 is 0 Å². The predicted octanol–water partition coefficient (Wildman–Crippen LogP) is 1.86. The molecule has 0 aliphatic carbocycles. The van der Waals surface area contributed by atoms with Gasteiger partial charge in [-0.3, -0.25) is 5.10 Å². The molecule has 1 radical (unpaired) electrons. The summed E-state index contributed by atoms with van der Waals surface area (Å²) in [4.78, 5) is 0. The maximum Gasteiger partial charge on any atom is 0.129 e. The Balaban J connectivity index is 2.36. The van der Waals surface area contributed by atoms with Crippen LogP contribution in [0.3, 0.4) is 0 Å². The molecule has 0 unspecified atom stereocenters. The Kier molecular flexibility index (Phi) is 2.45. The third kappa shape index (κ3) is 1.86. The van der Waals surface area contributed by atoms with Crippen LogP contribution in [-0.2, 0) is 6.42 Å². The second-order valence-electron chi connectivity index (χ2n) is 3.11. The predicted molar refractivity (Wildman–Crippen MR) is 50.0 cm³/mol. The van der Waals surface area contributed by atoms with Crippen molar-refractivity contribution in [1.29, 1.82) is 0 Å². The lowest BCUT2D eigenvalue weighted by molar-refractivity contribution is 0.560. The number of nitrogens with zero attached hydrogens (tertiary/aromatic N) is 2. The van der Waals surface area contributed by atoms with E-state index in [9.17, 15) is 8.78 Å². The molecule has 5 heteroatoms. The van der Waals surface area contributed by atoms with Gasteiger partial charge in [-0.05, 0) is 19.1 Å². The number of hydrogen-bond donors (Lipinski definition) is 1. The average Bonchev–Trinajstić information content (AvgIpc) is 2.58. The van der Waals surface area contributed by atoms with E-state index in [0.29, 0.717) is 11.4 Å². The Labute approximate surface area is 85.1 Å². The summed E-state index contributed by atoms with van der Waals surface area (Å²) in [5.41, 5.74) is 0.908. The van der Waals surface area contributed by atoms with Gasteiger partial charge in [0.25, 0.3) is 0 Å². The molecule has 0 saturated heterocycles. The number of rotatable bonds is 2. The summed E-state index contributed by atoms with van der Waals surface area (Å²) >= 11 is 0. The molecule has 1 heterocycles. The molecule has 1 aromatic carbocycles. The number of aromatic nitrogens is 3. The molecule has 0 aliphatic heterocycles. The molecule has 0 amide bonds. The van der Waals surface area contributed by atoms with E-state index in [1.165, 1.54) is 18.2 Å². The van der Waals surface area contributed by atoms with Gasteiger partial charge in [-0.2, -0.15) is 0 Å². The summed E-state index contributed by atoms with van der Waals surface area (Å²) < 4.78 is 26.5. The van der Waals surface area contributed by atoms with Crippen LogP contribution in [0.4, 0.5) is 8.78 Å². The van der Waals surface area contributed by atoms with Crippen molar-refractivity contribution in [2.24, 2.45) is 0 Å². The third-order valence-corrected chi connectivity index (χ3v) is 2.12. The first-order valence-electron chi connectivity index (χ1n) is 4.33. The van der Waals surface area contributed by atoms with Crippen molar-refractivity contribution in [3.63, 3.8) is 0 Å². The van der Waals surface area contributed by atoms with Crippen molar-refractivity contribution in [1.82, 2.24) is 15.4 Å². The van der Waals surface area contributed by atoms with Gasteiger partial charge in [0.1, 0.15) is 11.6 Å². The molecule has 0 aliphatic rings. The summed E-state index contributed by atoms with van der Waals surface area (Å²) in [5.74, 6) is -1.16. The minimum Gasteiger partial charge on any atom is -0.262 e. The van der Waals surface area contributed by atoms with Crippen LogP contribution in [0.1, 0.15) is 17.0 Å². The van der Waals surface area contributed by atoms with Crippen LogP contribution in [0, 0.1) is 18.6 Å². The van der Waals surface area contributed by atoms with Gasteiger partial charge in [-0.1, -0.05) is 11.3 Å². The smallest absolute Gasteiger partial charge is 0.129 e. The molecule has 0 atom stereocenters. The average molecular weight is 208 g/mol. The lowest BCUT2D eigenvalue weighted by Crippen LogP contribution is -1.98. The van der Waals surface area contributed by atoms with Crippen LogP contribution in [0.15, 0.2) is 18.2 Å². The first kappa shape index (κ1) is 9.76. The van der Waals surface area contributed by atoms with Gasteiger partial charge in [-0.25, -0.2) is 8.78 Å². The maximum atomic E-state index is 13.3. The van der Waals surface area contributed by atoms with Gasteiger partial charge < -0.3 is 0 Å². The summed E-state index contributed by atoms with van der Waals surface area (Å²) in [5, 5.41) is 9.66. The zero-order valence-electron chi connectivity index (χ0n) is 7.80. The number of halogens is 2. The zero-order valence-corrected chi connectivity index (χ0v) is 7.80. The number of aromatic amines is 1. The van der Waals surface area contributed by atoms with Crippen molar-refractivity contribution in [3.8, 4) is 0 Å². The largest absolute Gasteiger partial charge is 0.262 e. The van der Waals surface area contributed by atoms with E-state index in [-0.39, 0.29) is 12.0 Å². The minimum atomic E-state index is -0.580. The molecule has 3 nitrogen and oxygen atoms in total. The molecule has 2 rings (SSSR count). The van der Waals surface area contributed by atoms with Gasteiger partial charge in [0.05, 0.1) is 11.4 Å². The highest BCUT2D eigenvalue weighted by Gasteiger charge is 2.11. The number of H-pyrrole nitrogens is 1. The SMILES string of the molecule is [CH2]c1nn[nH]c1Cc1c(F)cccc1F. The van der Waals surface area contributed by atoms with Crippen molar-refractivity contribution in [2.75, 3.05) is 0 Å². The molecule has 0 spiro atoms. The van der Waals surface area contributed by atoms with Crippen LogP contribution in [0.25, 0.3) is 0 Å². The molecule has 2 aromatic rings. The van der Waals surface area contributed by atoms with E-state index in [4.69, 9.17) is 0 Å². The highest BCUT2D eigenvalue weighted by molar-refractivity contribution is 5.26. The van der Waals surface area contributed by atoms with Gasteiger partial charge in [0.15, 0.2) is 0 Å². The van der Waals surface area contributed by atoms with E-state index in [2.05, 4.69) is 22.3 Å². The molecule has 1 aromatic heterocycles. The molecule has 0 fully saturated rings. The van der Waals surface area contributed by atoms with Gasteiger partial charge in [-0.15, -0.1) is 5.10 Å². The van der Waals surface area contributed by atoms with Crippen molar-refractivity contribution in [2.45, 2.75) is 6.42 Å². The van der Waals surface area contributed by atoms with Gasteiger partial charge >= 0.3 is 0 Å². The molecular formula is C10H8F2N3. The number of nitrogens with one attached hydrogen (secondary N) is 1. The van der Waals surface area contributed by atoms with Crippen LogP contribution >= 0.6 is 0 Å². The second kappa shape index (κ2) is 3.76. The van der Waals surface area contributed by atoms with E-state index in [1.807, 2.05) is 0 Å². The molecule has 15 heavy (non-hydrogen) atoms. The Morgan fingerprint density at radius 1 is 1.27 bits per heavy atom. The molecule has 0 bridgehead atoms. The first-order valence-corrected chi connectivity index (χ1v) is 4.33. The van der Waals surface area contributed by atoms with E-state index in [0.717, 1.165) is 0 Å². The van der Waals surface area contributed by atoms with Crippen molar-refractivity contribution >= 4 is 0 Å². The van der Waals surface area contributed by atoms with E-state index in [1.54, 1.807) is 0 Å². The Hall–Kier alpha value is -1.78. The topological polar surface area (TPSA) is 41.6 Å². The van der Waals surface area contributed by atoms with Gasteiger partial charge in [0.2, 0.25) is 0 Å². The summed E-state index contributed by atoms with van der Waals surface area (Å²) in [7, 11) is 0. The second-order valence-corrected chi connectivity index (χ2v) is 3.11. The van der Waals surface area contributed by atoms with Gasteiger partial charge in [0, 0.05) is 12.0 Å². The molecular weight excluding hydrogens is 200 g/mol. The molecule has 0 saturated carbocycles. The van der Waals surface area contributed by atoms with Crippen molar-refractivity contribution in [3.05, 3.63) is 53.7 Å². The summed E-state index contributed by atoms with van der Waals surface area (Å²) in [6, 6.07) is 3.75. The Morgan fingerprint density at radius 3 is 2.47 bits per heavy atom. The fraction of sp³-hybridized carbons (Fsp3) is 0.100. The minimum absolute atomic E-state index is 0.00606. The molecule has 1 N–H and O–H groups in total. The maximum absolute atomic E-state index is 13.3.